The lowest BCUT2D eigenvalue weighted by molar-refractivity contribution is 0.0953. The Kier molecular flexibility index (Phi) is 3.33. The molecule has 116 valence electrons. The molecule has 0 unspecified atom stereocenters. The number of fused-ring (bicyclic) bond motifs is 1. The molecule has 0 spiro atoms. The van der Waals surface area contributed by atoms with Gasteiger partial charge < -0.3 is 9.84 Å². The van der Waals surface area contributed by atoms with E-state index in [1.54, 1.807) is 0 Å². The van der Waals surface area contributed by atoms with Crippen molar-refractivity contribution >= 4 is 17.0 Å². The van der Waals surface area contributed by atoms with Crippen LogP contribution in [0.5, 0.6) is 0 Å². The maximum atomic E-state index is 12.6. The van der Waals surface area contributed by atoms with E-state index in [9.17, 15) is 4.79 Å². The van der Waals surface area contributed by atoms with Crippen LogP contribution in [-0.4, -0.2) is 22.6 Å². The number of carbonyl (C=O) groups is 1. The summed E-state index contributed by atoms with van der Waals surface area (Å²) in [5, 5.41) is 7.67. The Morgan fingerprint density at radius 3 is 2.83 bits per heavy atom. The molecule has 0 bridgehead atoms. The molecule has 3 aromatic rings. The maximum absolute atomic E-state index is 12.6. The number of benzene rings is 1. The Balaban J connectivity index is 1.79. The van der Waals surface area contributed by atoms with Gasteiger partial charge in [0.25, 0.3) is 11.6 Å². The molecular formula is C18H17N3O2. The first kappa shape index (κ1) is 13.9. The lowest BCUT2D eigenvalue weighted by Gasteiger charge is -2.08. The SMILES string of the molecule is Cc1noc2nc(-c3ccccc3)cc(C(=O)NCC3CC3)c12. The molecule has 0 saturated heterocycles. The zero-order valence-corrected chi connectivity index (χ0v) is 12.9. The third-order valence-electron chi connectivity index (χ3n) is 4.18. The molecule has 1 aliphatic rings. The number of carbonyl (C=O) groups excluding carboxylic acids is 1. The molecule has 4 rings (SSSR count). The topological polar surface area (TPSA) is 68.0 Å². The zero-order chi connectivity index (χ0) is 15.8. The van der Waals surface area contributed by atoms with E-state index in [4.69, 9.17) is 4.52 Å². The number of rotatable bonds is 4. The number of amides is 1. The monoisotopic (exact) mass is 307 g/mol. The molecule has 1 N–H and O–H groups in total. The van der Waals surface area contributed by atoms with Crippen LogP contribution in [0.25, 0.3) is 22.4 Å². The molecule has 1 fully saturated rings. The van der Waals surface area contributed by atoms with Crippen LogP contribution in [-0.2, 0) is 0 Å². The second-order valence-corrected chi connectivity index (χ2v) is 6.02. The van der Waals surface area contributed by atoms with Gasteiger partial charge >= 0.3 is 0 Å². The van der Waals surface area contributed by atoms with Gasteiger partial charge in [0.15, 0.2) is 0 Å². The van der Waals surface area contributed by atoms with Crippen LogP contribution in [0.2, 0.25) is 0 Å². The first-order valence-corrected chi connectivity index (χ1v) is 7.83. The van der Waals surface area contributed by atoms with Gasteiger partial charge in [0.2, 0.25) is 0 Å². The van der Waals surface area contributed by atoms with Crippen molar-refractivity contribution in [3.8, 4) is 11.3 Å². The molecule has 0 radical (unpaired) electrons. The number of nitrogens with zero attached hydrogens (tertiary/aromatic N) is 2. The smallest absolute Gasteiger partial charge is 0.259 e. The van der Waals surface area contributed by atoms with Gasteiger partial charge in [-0.3, -0.25) is 4.79 Å². The number of pyridine rings is 1. The minimum Gasteiger partial charge on any atom is -0.352 e. The second kappa shape index (κ2) is 5.50. The van der Waals surface area contributed by atoms with Crippen molar-refractivity contribution in [2.24, 2.45) is 5.92 Å². The third kappa shape index (κ3) is 2.70. The van der Waals surface area contributed by atoms with E-state index < -0.39 is 0 Å². The third-order valence-corrected chi connectivity index (χ3v) is 4.18. The van der Waals surface area contributed by atoms with Gasteiger partial charge in [-0.15, -0.1) is 0 Å². The van der Waals surface area contributed by atoms with Gasteiger partial charge in [-0.1, -0.05) is 35.5 Å². The Bertz CT molecular complexity index is 867. The van der Waals surface area contributed by atoms with Crippen LogP contribution in [0, 0.1) is 12.8 Å². The van der Waals surface area contributed by atoms with Crippen molar-refractivity contribution in [2.75, 3.05) is 6.54 Å². The van der Waals surface area contributed by atoms with E-state index in [1.165, 1.54) is 12.8 Å². The molecule has 1 aliphatic carbocycles. The van der Waals surface area contributed by atoms with Crippen LogP contribution in [0.15, 0.2) is 40.9 Å². The highest BCUT2D eigenvalue weighted by atomic mass is 16.5. The van der Waals surface area contributed by atoms with Crippen LogP contribution in [0.4, 0.5) is 0 Å². The minimum absolute atomic E-state index is 0.0900. The molecule has 1 saturated carbocycles. The van der Waals surface area contributed by atoms with Crippen molar-refractivity contribution in [1.82, 2.24) is 15.5 Å². The van der Waals surface area contributed by atoms with E-state index in [1.807, 2.05) is 43.3 Å². The highest BCUT2D eigenvalue weighted by Gasteiger charge is 2.24. The van der Waals surface area contributed by atoms with Gasteiger partial charge in [-0.05, 0) is 31.7 Å². The molecule has 23 heavy (non-hydrogen) atoms. The summed E-state index contributed by atoms with van der Waals surface area (Å²) in [6.45, 7) is 2.56. The predicted molar refractivity (Wildman–Crippen MR) is 87.0 cm³/mol. The lowest BCUT2D eigenvalue weighted by atomic mass is 10.1. The van der Waals surface area contributed by atoms with Gasteiger partial charge in [0.05, 0.1) is 22.3 Å². The van der Waals surface area contributed by atoms with E-state index in [0.29, 0.717) is 34.0 Å². The Hall–Kier alpha value is -2.69. The summed E-state index contributed by atoms with van der Waals surface area (Å²) in [4.78, 5) is 17.1. The molecule has 1 aromatic carbocycles. The summed E-state index contributed by atoms with van der Waals surface area (Å²) < 4.78 is 5.30. The van der Waals surface area contributed by atoms with Crippen LogP contribution in [0.1, 0.15) is 28.9 Å². The molecule has 5 nitrogen and oxygen atoms in total. The zero-order valence-electron chi connectivity index (χ0n) is 12.9. The van der Waals surface area contributed by atoms with Gasteiger partial charge in [0, 0.05) is 12.1 Å². The van der Waals surface area contributed by atoms with Crippen molar-refractivity contribution in [2.45, 2.75) is 19.8 Å². The van der Waals surface area contributed by atoms with E-state index in [2.05, 4.69) is 15.5 Å². The highest BCUT2D eigenvalue weighted by Crippen LogP contribution is 2.29. The van der Waals surface area contributed by atoms with Gasteiger partial charge in [-0.25, -0.2) is 4.98 Å². The quantitative estimate of drug-likeness (QED) is 0.802. The molecule has 0 atom stereocenters. The van der Waals surface area contributed by atoms with Crippen molar-refractivity contribution < 1.29 is 9.32 Å². The first-order chi connectivity index (χ1) is 11.2. The number of nitrogens with one attached hydrogen (secondary N) is 1. The summed E-state index contributed by atoms with van der Waals surface area (Å²) in [5.74, 6) is 0.543. The molecule has 2 heterocycles. The molecular weight excluding hydrogens is 290 g/mol. The number of hydrogen-bond donors (Lipinski definition) is 1. The highest BCUT2D eigenvalue weighted by molar-refractivity contribution is 6.07. The molecule has 5 heteroatoms. The fourth-order valence-electron chi connectivity index (χ4n) is 2.68. The average molecular weight is 307 g/mol. The van der Waals surface area contributed by atoms with Gasteiger partial charge in [0.1, 0.15) is 0 Å². The summed E-state index contributed by atoms with van der Waals surface area (Å²) in [6.07, 6.45) is 2.40. The van der Waals surface area contributed by atoms with Crippen LogP contribution in [0.3, 0.4) is 0 Å². The van der Waals surface area contributed by atoms with Crippen LogP contribution >= 0.6 is 0 Å². The lowest BCUT2D eigenvalue weighted by Crippen LogP contribution is -2.25. The minimum atomic E-state index is -0.0900. The van der Waals surface area contributed by atoms with Crippen molar-refractivity contribution in [1.29, 1.82) is 0 Å². The largest absolute Gasteiger partial charge is 0.352 e. The van der Waals surface area contributed by atoms with Gasteiger partial charge in [-0.2, -0.15) is 0 Å². The predicted octanol–water partition coefficient (Wildman–Crippen LogP) is 3.34. The Morgan fingerprint density at radius 2 is 2.09 bits per heavy atom. The number of aryl methyl sites for hydroxylation is 1. The fourth-order valence-corrected chi connectivity index (χ4v) is 2.68. The van der Waals surface area contributed by atoms with E-state index in [-0.39, 0.29) is 5.91 Å². The standard InChI is InChI=1S/C18H17N3O2/c1-11-16-14(17(22)19-10-12-7-8-12)9-15(20-18(16)23-21-11)13-5-3-2-4-6-13/h2-6,9,12H,7-8,10H2,1H3,(H,19,22). The molecule has 1 amide bonds. The maximum Gasteiger partial charge on any atom is 0.259 e. The van der Waals surface area contributed by atoms with E-state index >= 15 is 0 Å². The van der Waals surface area contributed by atoms with E-state index in [0.717, 1.165) is 12.1 Å². The summed E-state index contributed by atoms with van der Waals surface area (Å²) in [7, 11) is 0. The first-order valence-electron chi connectivity index (χ1n) is 7.83. The molecule has 0 aliphatic heterocycles. The van der Waals surface area contributed by atoms with Crippen molar-refractivity contribution in [3.63, 3.8) is 0 Å². The van der Waals surface area contributed by atoms with Crippen molar-refractivity contribution in [3.05, 3.63) is 47.7 Å². The average Bonchev–Trinajstić information content (AvgIpc) is 3.35. The Labute approximate surface area is 133 Å². The fraction of sp³-hybridized carbons (Fsp3) is 0.278. The van der Waals surface area contributed by atoms with Crippen LogP contribution < -0.4 is 5.32 Å². The number of aromatic nitrogens is 2. The normalized spacial score (nSPS) is 14.1. The number of hydrogen-bond acceptors (Lipinski definition) is 4. The Morgan fingerprint density at radius 1 is 1.30 bits per heavy atom. The second-order valence-electron chi connectivity index (χ2n) is 6.02. The molecule has 2 aromatic heterocycles. The summed E-state index contributed by atoms with van der Waals surface area (Å²) in [5.41, 5.74) is 3.32. The summed E-state index contributed by atoms with van der Waals surface area (Å²) in [6, 6.07) is 11.6. The summed E-state index contributed by atoms with van der Waals surface area (Å²) >= 11 is 0.